The second kappa shape index (κ2) is 7.22. The van der Waals surface area contributed by atoms with Gasteiger partial charge in [-0.3, -0.25) is 0 Å². The van der Waals surface area contributed by atoms with Crippen LogP contribution in [0.5, 0.6) is 5.75 Å². The Kier molecular flexibility index (Phi) is 5.32. The fourth-order valence-electron chi connectivity index (χ4n) is 1.61. The van der Waals surface area contributed by atoms with E-state index in [1.165, 1.54) is 6.07 Å². The molecule has 0 aliphatic heterocycles. The number of ether oxygens (including phenoxy) is 1. The van der Waals surface area contributed by atoms with Crippen molar-refractivity contribution >= 4 is 29.3 Å². The molecule has 20 heavy (non-hydrogen) atoms. The number of halogens is 1. The molecule has 0 unspecified atom stereocenters. The van der Waals surface area contributed by atoms with E-state index in [2.05, 4.69) is 0 Å². The van der Waals surface area contributed by atoms with Gasteiger partial charge in [-0.15, -0.1) is 11.8 Å². The van der Waals surface area contributed by atoms with Gasteiger partial charge in [-0.1, -0.05) is 23.7 Å². The van der Waals surface area contributed by atoms with Crippen LogP contribution in [0, 0.1) is 0 Å². The zero-order valence-electron chi connectivity index (χ0n) is 10.6. The molecule has 0 spiro atoms. The average Bonchev–Trinajstić information content (AvgIpc) is 2.46. The molecule has 0 heterocycles. The fraction of sp³-hybridized carbons (Fsp3) is 0.133. The average molecular weight is 309 g/mol. The minimum atomic E-state index is -0.981. The quantitative estimate of drug-likeness (QED) is 0.641. The van der Waals surface area contributed by atoms with E-state index < -0.39 is 5.97 Å². The number of carbonyl (C=O) groups is 1. The van der Waals surface area contributed by atoms with Crippen LogP contribution in [0.2, 0.25) is 5.02 Å². The minimum absolute atomic E-state index is 0.184. The molecule has 0 fully saturated rings. The maximum atomic E-state index is 11.0. The molecular formula is C15H13ClO3S. The minimum Gasteiger partial charge on any atom is -0.492 e. The van der Waals surface area contributed by atoms with Crippen LogP contribution in [-0.2, 0) is 0 Å². The van der Waals surface area contributed by atoms with Gasteiger partial charge in [0.15, 0.2) is 0 Å². The van der Waals surface area contributed by atoms with Crippen molar-refractivity contribution in [2.45, 2.75) is 4.90 Å². The Morgan fingerprint density at radius 1 is 1.15 bits per heavy atom. The third-order valence-corrected chi connectivity index (χ3v) is 3.77. The van der Waals surface area contributed by atoms with Crippen molar-refractivity contribution in [3.63, 3.8) is 0 Å². The molecule has 0 atom stereocenters. The van der Waals surface area contributed by atoms with Crippen molar-refractivity contribution in [1.82, 2.24) is 0 Å². The van der Waals surface area contributed by atoms with E-state index in [-0.39, 0.29) is 5.56 Å². The third-order valence-electron chi connectivity index (χ3n) is 2.54. The molecule has 2 aromatic carbocycles. The summed E-state index contributed by atoms with van der Waals surface area (Å²) < 4.78 is 5.52. The highest BCUT2D eigenvalue weighted by atomic mass is 35.5. The number of hydrogen-bond acceptors (Lipinski definition) is 3. The normalized spacial score (nSPS) is 10.2. The van der Waals surface area contributed by atoms with Gasteiger partial charge in [-0.25, -0.2) is 4.79 Å². The molecule has 0 radical (unpaired) electrons. The van der Waals surface area contributed by atoms with Crippen molar-refractivity contribution in [3.05, 3.63) is 59.1 Å². The lowest BCUT2D eigenvalue weighted by Gasteiger charge is -2.08. The molecule has 2 rings (SSSR count). The largest absolute Gasteiger partial charge is 0.492 e. The second-order valence-electron chi connectivity index (χ2n) is 3.95. The van der Waals surface area contributed by atoms with Crippen LogP contribution >= 0.6 is 23.4 Å². The number of thioether (sulfide) groups is 1. The first kappa shape index (κ1) is 14.8. The summed E-state index contributed by atoms with van der Waals surface area (Å²) in [5.41, 5.74) is 0.184. The molecule has 0 aliphatic carbocycles. The number of rotatable bonds is 6. The van der Waals surface area contributed by atoms with Gasteiger partial charge in [0.2, 0.25) is 0 Å². The molecule has 2 aromatic rings. The monoisotopic (exact) mass is 308 g/mol. The number of carboxylic acids is 1. The summed E-state index contributed by atoms with van der Waals surface area (Å²) in [6.07, 6.45) is 0. The first-order chi connectivity index (χ1) is 9.66. The predicted octanol–water partition coefficient (Wildman–Crippen LogP) is 4.21. The standard InChI is InChI=1S/C15H13ClO3S/c16-11-5-7-12(8-6-11)20-10-9-19-14-4-2-1-3-13(14)15(17)18/h1-8H,9-10H2,(H,17,18). The van der Waals surface area contributed by atoms with Crippen LogP contribution in [0.3, 0.4) is 0 Å². The predicted molar refractivity (Wildman–Crippen MR) is 81.1 cm³/mol. The molecule has 0 aromatic heterocycles. The SMILES string of the molecule is O=C(O)c1ccccc1OCCSc1ccc(Cl)cc1. The van der Waals surface area contributed by atoms with E-state index in [4.69, 9.17) is 21.4 Å². The summed E-state index contributed by atoms with van der Waals surface area (Å²) >= 11 is 7.44. The number of aromatic carboxylic acids is 1. The maximum Gasteiger partial charge on any atom is 0.339 e. The maximum absolute atomic E-state index is 11.0. The lowest BCUT2D eigenvalue weighted by atomic mass is 10.2. The number of benzene rings is 2. The summed E-state index contributed by atoms with van der Waals surface area (Å²) in [7, 11) is 0. The zero-order chi connectivity index (χ0) is 14.4. The third kappa shape index (κ3) is 4.18. The van der Waals surface area contributed by atoms with Gasteiger partial charge in [0.25, 0.3) is 0 Å². The van der Waals surface area contributed by atoms with Crippen molar-refractivity contribution in [1.29, 1.82) is 0 Å². The number of hydrogen-bond donors (Lipinski definition) is 1. The summed E-state index contributed by atoms with van der Waals surface area (Å²) in [4.78, 5) is 12.1. The fourth-order valence-corrected chi connectivity index (χ4v) is 2.47. The molecule has 104 valence electrons. The van der Waals surface area contributed by atoms with E-state index in [1.807, 2.05) is 24.3 Å². The van der Waals surface area contributed by atoms with Crippen molar-refractivity contribution < 1.29 is 14.6 Å². The lowest BCUT2D eigenvalue weighted by Crippen LogP contribution is -2.05. The van der Waals surface area contributed by atoms with Crippen molar-refractivity contribution in [3.8, 4) is 5.75 Å². The first-order valence-electron chi connectivity index (χ1n) is 6.00. The summed E-state index contributed by atoms with van der Waals surface area (Å²) in [6.45, 7) is 0.442. The van der Waals surface area contributed by atoms with Gasteiger partial charge >= 0.3 is 5.97 Å². The molecule has 5 heteroatoms. The van der Waals surface area contributed by atoms with E-state index in [0.717, 1.165) is 10.6 Å². The van der Waals surface area contributed by atoms with E-state index >= 15 is 0 Å². The Labute approximate surface area is 126 Å². The van der Waals surface area contributed by atoms with Gasteiger partial charge in [-0.2, -0.15) is 0 Å². The molecule has 0 saturated heterocycles. The van der Waals surface area contributed by atoms with Gasteiger partial charge in [0, 0.05) is 15.7 Å². The zero-order valence-corrected chi connectivity index (χ0v) is 12.2. The molecule has 0 amide bonds. The Morgan fingerprint density at radius 2 is 1.85 bits per heavy atom. The Bertz CT molecular complexity index is 584. The second-order valence-corrected chi connectivity index (χ2v) is 5.56. The molecule has 3 nitrogen and oxygen atoms in total. The van der Waals surface area contributed by atoms with E-state index in [1.54, 1.807) is 30.0 Å². The summed E-state index contributed by atoms with van der Waals surface area (Å²) in [5, 5.41) is 9.74. The van der Waals surface area contributed by atoms with Crippen LogP contribution in [0.25, 0.3) is 0 Å². The topological polar surface area (TPSA) is 46.5 Å². The highest BCUT2D eigenvalue weighted by molar-refractivity contribution is 7.99. The lowest BCUT2D eigenvalue weighted by molar-refractivity contribution is 0.0692. The Balaban J connectivity index is 1.84. The molecular weight excluding hydrogens is 296 g/mol. The van der Waals surface area contributed by atoms with Gasteiger partial charge in [-0.05, 0) is 36.4 Å². The Hall–Kier alpha value is -1.65. The highest BCUT2D eigenvalue weighted by Crippen LogP contribution is 2.21. The van der Waals surface area contributed by atoms with Crippen LogP contribution in [-0.4, -0.2) is 23.4 Å². The van der Waals surface area contributed by atoms with Crippen LogP contribution in [0.4, 0.5) is 0 Å². The van der Waals surface area contributed by atoms with Crippen LogP contribution in [0.1, 0.15) is 10.4 Å². The van der Waals surface area contributed by atoms with E-state index in [0.29, 0.717) is 17.4 Å². The Morgan fingerprint density at radius 3 is 2.55 bits per heavy atom. The van der Waals surface area contributed by atoms with E-state index in [9.17, 15) is 4.79 Å². The van der Waals surface area contributed by atoms with Gasteiger partial charge < -0.3 is 9.84 Å². The van der Waals surface area contributed by atoms with Gasteiger partial charge in [0.05, 0.1) is 6.61 Å². The number of para-hydroxylation sites is 1. The summed E-state index contributed by atoms with van der Waals surface area (Å²) in [5.74, 6) is 0.151. The van der Waals surface area contributed by atoms with Crippen LogP contribution < -0.4 is 4.74 Å². The number of carboxylic acid groups (broad SMARTS) is 1. The molecule has 0 bridgehead atoms. The van der Waals surface area contributed by atoms with Crippen molar-refractivity contribution in [2.24, 2.45) is 0 Å². The summed E-state index contributed by atoms with van der Waals surface area (Å²) in [6, 6.07) is 14.2. The van der Waals surface area contributed by atoms with Gasteiger partial charge in [0.1, 0.15) is 11.3 Å². The highest BCUT2D eigenvalue weighted by Gasteiger charge is 2.09. The molecule has 1 N–H and O–H groups in total. The van der Waals surface area contributed by atoms with Crippen LogP contribution in [0.15, 0.2) is 53.4 Å². The first-order valence-corrected chi connectivity index (χ1v) is 7.36. The van der Waals surface area contributed by atoms with Crippen molar-refractivity contribution in [2.75, 3.05) is 12.4 Å². The molecule has 0 aliphatic rings. The molecule has 0 saturated carbocycles. The smallest absolute Gasteiger partial charge is 0.339 e.